The molecule has 0 aromatic carbocycles. The summed E-state index contributed by atoms with van der Waals surface area (Å²) in [7, 11) is 0. The van der Waals surface area contributed by atoms with E-state index in [4.69, 9.17) is 9.47 Å². The summed E-state index contributed by atoms with van der Waals surface area (Å²) < 4.78 is 10.8. The van der Waals surface area contributed by atoms with Gasteiger partial charge in [0.2, 0.25) is 0 Å². The zero-order valence-electron chi connectivity index (χ0n) is 56.0. The van der Waals surface area contributed by atoms with Crippen LogP contribution in [-0.2, 0) is 19.1 Å². The largest absolute Gasteiger partial charge is 0.462 e. The van der Waals surface area contributed by atoms with Crippen LogP contribution in [0.4, 0.5) is 0 Å². The molecule has 0 heterocycles. The number of unbranched alkanes of at least 4 members (excludes halogenated alkanes) is 31. The van der Waals surface area contributed by atoms with Gasteiger partial charge < -0.3 is 14.6 Å². The molecule has 0 bridgehead atoms. The first-order chi connectivity index (χ1) is 42.6. The van der Waals surface area contributed by atoms with Gasteiger partial charge in [0.25, 0.3) is 0 Å². The first-order valence-corrected chi connectivity index (χ1v) is 36.0. The highest BCUT2D eigenvalue weighted by atomic mass is 16.6. The molecule has 5 nitrogen and oxygen atoms in total. The van der Waals surface area contributed by atoms with Crippen LogP contribution in [0.3, 0.4) is 0 Å². The van der Waals surface area contributed by atoms with E-state index in [1.54, 1.807) is 0 Å². The second-order valence-electron chi connectivity index (χ2n) is 23.6. The van der Waals surface area contributed by atoms with Crippen LogP contribution >= 0.6 is 0 Å². The summed E-state index contributed by atoms with van der Waals surface area (Å²) in [5.74, 6) is -0.587. The molecular weight excluding hydrogens is 1050 g/mol. The fourth-order valence-electron chi connectivity index (χ4n) is 10.0. The highest BCUT2D eigenvalue weighted by molar-refractivity contribution is 5.70. The van der Waals surface area contributed by atoms with E-state index in [-0.39, 0.29) is 25.2 Å². The summed E-state index contributed by atoms with van der Waals surface area (Å²) in [6.07, 6.45) is 114. The molecular formula is C81H134O5. The van der Waals surface area contributed by atoms with Gasteiger partial charge in [0.15, 0.2) is 6.10 Å². The minimum absolute atomic E-state index is 0.0705. The van der Waals surface area contributed by atoms with E-state index in [0.717, 1.165) is 122 Å². The minimum atomic E-state index is -0.782. The monoisotopic (exact) mass is 1190 g/mol. The summed E-state index contributed by atoms with van der Waals surface area (Å²) in [5, 5.41) is 9.71. The van der Waals surface area contributed by atoms with Gasteiger partial charge in [-0.05, 0) is 122 Å². The number of carbonyl (C=O) groups excluding carboxylic acids is 2. The molecule has 0 saturated heterocycles. The fourth-order valence-corrected chi connectivity index (χ4v) is 10.0. The number of esters is 2. The molecule has 488 valence electrons. The van der Waals surface area contributed by atoms with Crippen molar-refractivity contribution in [2.24, 2.45) is 0 Å². The van der Waals surface area contributed by atoms with Crippen LogP contribution in [0.25, 0.3) is 0 Å². The van der Waals surface area contributed by atoms with Crippen molar-refractivity contribution in [2.75, 3.05) is 13.2 Å². The number of ether oxygens (including phenoxy) is 2. The lowest BCUT2D eigenvalue weighted by Crippen LogP contribution is -2.28. The van der Waals surface area contributed by atoms with Gasteiger partial charge in [-0.3, -0.25) is 9.59 Å². The van der Waals surface area contributed by atoms with E-state index in [2.05, 4.69) is 172 Å². The predicted octanol–water partition coefficient (Wildman–Crippen LogP) is 25.4. The second-order valence-corrected chi connectivity index (χ2v) is 23.6. The lowest BCUT2D eigenvalue weighted by molar-refractivity contribution is -0.161. The van der Waals surface area contributed by atoms with Gasteiger partial charge >= 0.3 is 11.9 Å². The minimum Gasteiger partial charge on any atom is -0.462 e. The van der Waals surface area contributed by atoms with Crippen molar-refractivity contribution < 1.29 is 24.2 Å². The zero-order chi connectivity index (χ0) is 61.9. The molecule has 0 aliphatic rings. The lowest BCUT2D eigenvalue weighted by Gasteiger charge is -2.15. The third kappa shape index (κ3) is 72.0. The average molecular weight is 1190 g/mol. The maximum atomic E-state index is 12.4. The van der Waals surface area contributed by atoms with Crippen LogP contribution in [0.2, 0.25) is 0 Å². The smallest absolute Gasteiger partial charge is 0.306 e. The Bertz CT molecular complexity index is 1830. The Labute approximate surface area is 532 Å². The summed E-state index contributed by atoms with van der Waals surface area (Å²) in [6, 6.07) is 0. The molecule has 0 rings (SSSR count). The summed E-state index contributed by atoms with van der Waals surface area (Å²) in [6.45, 7) is 3.93. The summed E-state index contributed by atoms with van der Waals surface area (Å²) in [4.78, 5) is 24.7. The Morgan fingerprint density at radius 1 is 0.267 bits per heavy atom. The van der Waals surface area contributed by atoms with E-state index < -0.39 is 6.10 Å². The number of hydrogen-bond donors (Lipinski definition) is 1. The number of aliphatic hydroxyl groups is 1. The third-order valence-corrected chi connectivity index (χ3v) is 15.3. The quantitative estimate of drug-likeness (QED) is 0.0373. The molecule has 0 aliphatic carbocycles. The Balaban J connectivity index is 3.49. The maximum Gasteiger partial charge on any atom is 0.306 e. The van der Waals surface area contributed by atoms with Gasteiger partial charge in [-0.15, -0.1) is 0 Å². The van der Waals surface area contributed by atoms with Gasteiger partial charge in [0.05, 0.1) is 6.61 Å². The highest BCUT2D eigenvalue weighted by Gasteiger charge is 2.16. The van der Waals surface area contributed by atoms with Crippen molar-refractivity contribution in [3.63, 3.8) is 0 Å². The molecule has 5 heteroatoms. The third-order valence-electron chi connectivity index (χ3n) is 15.3. The number of carbonyl (C=O) groups is 2. The molecule has 1 unspecified atom stereocenters. The van der Waals surface area contributed by atoms with Crippen molar-refractivity contribution in [2.45, 2.75) is 328 Å². The number of allylic oxidation sites excluding steroid dienone is 26. The van der Waals surface area contributed by atoms with Gasteiger partial charge in [0.1, 0.15) is 6.61 Å². The van der Waals surface area contributed by atoms with Gasteiger partial charge in [-0.25, -0.2) is 0 Å². The van der Waals surface area contributed by atoms with Crippen molar-refractivity contribution in [1.29, 1.82) is 0 Å². The lowest BCUT2D eigenvalue weighted by atomic mass is 10.0. The second kappa shape index (κ2) is 74.8. The maximum absolute atomic E-state index is 12.4. The zero-order valence-corrected chi connectivity index (χ0v) is 56.0. The number of rotatable bonds is 65. The number of hydrogen-bond acceptors (Lipinski definition) is 5. The molecule has 0 spiro atoms. The van der Waals surface area contributed by atoms with Crippen molar-refractivity contribution >= 4 is 11.9 Å². The molecule has 0 aromatic rings. The van der Waals surface area contributed by atoms with Crippen LogP contribution < -0.4 is 0 Å². The molecule has 0 fully saturated rings. The first kappa shape index (κ1) is 81.5. The van der Waals surface area contributed by atoms with Crippen LogP contribution in [0, 0.1) is 0 Å². The van der Waals surface area contributed by atoms with Crippen LogP contribution in [0.1, 0.15) is 322 Å². The molecule has 0 saturated carbocycles. The normalized spacial score (nSPS) is 13.2. The summed E-state index contributed by atoms with van der Waals surface area (Å²) >= 11 is 0. The van der Waals surface area contributed by atoms with Crippen LogP contribution in [0.15, 0.2) is 158 Å². The first-order valence-electron chi connectivity index (χ1n) is 36.0. The van der Waals surface area contributed by atoms with Gasteiger partial charge in [-0.2, -0.15) is 0 Å². The Morgan fingerprint density at radius 2 is 0.465 bits per heavy atom. The Morgan fingerprint density at radius 3 is 0.698 bits per heavy atom. The van der Waals surface area contributed by atoms with Crippen LogP contribution in [-0.4, -0.2) is 36.4 Å². The molecule has 0 radical (unpaired) electrons. The van der Waals surface area contributed by atoms with Crippen molar-refractivity contribution in [3.05, 3.63) is 158 Å². The molecule has 0 aromatic heterocycles. The van der Waals surface area contributed by atoms with Crippen molar-refractivity contribution in [3.8, 4) is 0 Å². The molecule has 1 atom stereocenters. The Hall–Kier alpha value is -4.48. The van der Waals surface area contributed by atoms with E-state index in [9.17, 15) is 14.7 Å². The standard InChI is InChI=1S/C81H134O5/c1-3-5-7-9-11-13-15-17-19-21-23-25-27-29-31-33-35-37-38-39-40-41-42-44-46-48-50-52-54-56-58-60-62-64-66-68-70-72-74-76-81(84)86-79(77-82)78-85-80(83)75-73-71-69-67-65-63-61-59-57-55-53-51-49-47-45-43-36-34-32-30-28-26-24-22-20-18-16-14-12-10-8-6-4-2/h5-8,11-14,17-20,23-26,29-32,35-37,39-40,43,79,82H,3-4,9-10,15-16,21-22,27-28,33-34,38,41-42,44-78H2,1-2H3/b7-5-,8-6-,13-11-,14-12-,19-17-,20-18-,25-23-,26-24-,31-29-,32-30-,37-35-,40-39-,43-36-. The van der Waals surface area contributed by atoms with E-state index in [1.165, 1.54) is 173 Å². The SMILES string of the molecule is CC/C=C\C/C=C\C/C=C\C/C=C\C/C=C\C/C=C\C/C=C\CCCCCCCCCCCCCCCCCCCC(=O)OC(CO)COC(=O)CCCCCCCCCCCCCCCC/C=C\C/C=C\C/C=C\C/C=C\C/C=C\C/C=C\CC. The topological polar surface area (TPSA) is 72.8 Å². The predicted molar refractivity (Wildman–Crippen MR) is 380 cm³/mol. The molecule has 0 amide bonds. The average Bonchev–Trinajstić information content (AvgIpc) is 3.55. The van der Waals surface area contributed by atoms with E-state index >= 15 is 0 Å². The van der Waals surface area contributed by atoms with E-state index in [0.29, 0.717) is 12.8 Å². The van der Waals surface area contributed by atoms with Crippen LogP contribution in [0.5, 0.6) is 0 Å². The van der Waals surface area contributed by atoms with Crippen molar-refractivity contribution in [1.82, 2.24) is 0 Å². The number of aliphatic hydroxyl groups excluding tert-OH is 1. The van der Waals surface area contributed by atoms with E-state index in [1.807, 2.05) is 0 Å². The highest BCUT2D eigenvalue weighted by Crippen LogP contribution is 2.17. The van der Waals surface area contributed by atoms with Gasteiger partial charge in [0, 0.05) is 12.8 Å². The molecule has 1 N–H and O–H groups in total. The summed E-state index contributed by atoms with van der Waals surface area (Å²) in [5.41, 5.74) is 0. The van der Waals surface area contributed by atoms with Gasteiger partial charge in [-0.1, -0.05) is 345 Å². The Kier molecular flexibility index (Phi) is 70.9. The molecule has 86 heavy (non-hydrogen) atoms. The molecule has 0 aliphatic heterocycles. The fraction of sp³-hybridized carbons (Fsp3) is 0.654.